The highest BCUT2D eigenvalue weighted by molar-refractivity contribution is 5.20. The Labute approximate surface area is 90.2 Å². The Kier molecular flexibility index (Phi) is 2.47. The lowest BCUT2D eigenvalue weighted by molar-refractivity contribution is -0.00673. The first-order valence-corrected chi connectivity index (χ1v) is 5.73. The summed E-state index contributed by atoms with van der Waals surface area (Å²) in [6, 6.07) is 10.5. The highest BCUT2D eigenvalue weighted by Gasteiger charge is 2.40. The van der Waals surface area contributed by atoms with Crippen molar-refractivity contribution in [1.29, 1.82) is 0 Å². The van der Waals surface area contributed by atoms with E-state index in [-0.39, 0.29) is 6.10 Å². The number of ether oxygens (including phenoxy) is 2. The maximum Gasteiger partial charge on any atom is 0.0880 e. The van der Waals surface area contributed by atoms with Crippen LogP contribution in [0.1, 0.15) is 24.5 Å². The molecule has 0 aliphatic carbocycles. The second-order valence-corrected chi connectivity index (χ2v) is 4.38. The van der Waals surface area contributed by atoms with Gasteiger partial charge in [-0.05, 0) is 18.4 Å². The third-order valence-corrected chi connectivity index (χ3v) is 3.45. The van der Waals surface area contributed by atoms with E-state index in [4.69, 9.17) is 9.47 Å². The molecule has 80 valence electrons. The quantitative estimate of drug-likeness (QED) is 0.700. The monoisotopic (exact) mass is 204 g/mol. The van der Waals surface area contributed by atoms with Gasteiger partial charge >= 0.3 is 0 Å². The molecule has 0 bridgehead atoms. The molecule has 3 atom stereocenters. The molecule has 0 N–H and O–H groups in total. The van der Waals surface area contributed by atoms with Crippen LogP contribution in [0.15, 0.2) is 30.3 Å². The van der Waals surface area contributed by atoms with E-state index in [1.807, 2.05) is 6.07 Å². The molecular formula is C13H16O2. The highest BCUT2D eigenvalue weighted by Crippen LogP contribution is 2.40. The van der Waals surface area contributed by atoms with Crippen LogP contribution in [0, 0.1) is 5.92 Å². The van der Waals surface area contributed by atoms with E-state index in [9.17, 15) is 0 Å². The lowest BCUT2D eigenvalue weighted by Crippen LogP contribution is -2.28. The molecule has 0 amide bonds. The molecule has 2 nitrogen and oxygen atoms in total. The molecule has 15 heavy (non-hydrogen) atoms. The van der Waals surface area contributed by atoms with Crippen LogP contribution >= 0.6 is 0 Å². The summed E-state index contributed by atoms with van der Waals surface area (Å²) in [6.07, 6.45) is 3.01. The van der Waals surface area contributed by atoms with Crippen molar-refractivity contribution >= 4 is 0 Å². The molecule has 2 aliphatic rings. The molecule has 0 saturated carbocycles. The molecule has 1 aromatic carbocycles. The molecule has 1 aromatic rings. The van der Waals surface area contributed by atoms with E-state index in [1.165, 1.54) is 18.4 Å². The van der Waals surface area contributed by atoms with E-state index in [1.54, 1.807) is 0 Å². The Balaban J connectivity index is 1.82. The molecule has 0 aromatic heterocycles. The summed E-state index contributed by atoms with van der Waals surface area (Å²) >= 11 is 0. The van der Waals surface area contributed by atoms with Crippen LogP contribution in [0.25, 0.3) is 0 Å². The van der Waals surface area contributed by atoms with Gasteiger partial charge in [-0.25, -0.2) is 0 Å². The summed E-state index contributed by atoms with van der Waals surface area (Å²) in [5, 5.41) is 0. The maximum atomic E-state index is 5.86. The first-order valence-electron chi connectivity index (χ1n) is 5.73. The van der Waals surface area contributed by atoms with Gasteiger partial charge in [-0.2, -0.15) is 0 Å². The second-order valence-electron chi connectivity index (χ2n) is 4.38. The third kappa shape index (κ3) is 1.68. The minimum Gasteiger partial charge on any atom is -0.375 e. The Bertz CT molecular complexity index is 323. The molecule has 2 fully saturated rings. The van der Waals surface area contributed by atoms with Crippen LogP contribution in [0.2, 0.25) is 0 Å². The number of fused-ring (bicyclic) bond motifs is 1. The van der Waals surface area contributed by atoms with Gasteiger partial charge in [0.1, 0.15) is 0 Å². The van der Waals surface area contributed by atoms with Crippen LogP contribution in [0.4, 0.5) is 0 Å². The van der Waals surface area contributed by atoms with Crippen LogP contribution < -0.4 is 0 Å². The number of hydrogen-bond donors (Lipinski definition) is 0. The van der Waals surface area contributed by atoms with Gasteiger partial charge in [-0.3, -0.25) is 0 Å². The Morgan fingerprint density at radius 3 is 2.80 bits per heavy atom. The number of benzene rings is 1. The predicted molar refractivity (Wildman–Crippen MR) is 57.6 cm³/mol. The zero-order chi connectivity index (χ0) is 10.1. The van der Waals surface area contributed by atoms with Crippen molar-refractivity contribution in [3.63, 3.8) is 0 Å². The van der Waals surface area contributed by atoms with Crippen molar-refractivity contribution in [2.75, 3.05) is 13.2 Å². The van der Waals surface area contributed by atoms with Gasteiger partial charge in [-0.1, -0.05) is 30.3 Å². The first kappa shape index (κ1) is 9.37. The zero-order valence-corrected chi connectivity index (χ0v) is 8.76. The Hall–Kier alpha value is -0.860. The van der Waals surface area contributed by atoms with Gasteiger partial charge in [0.2, 0.25) is 0 Å². The van der Waals surface area contributed by atoms with Crippen molar-refractivity contribution in [2.24, 2.45) is 5.92 Å². The fourth-order valence-electron chi connectivity index (χ4n) is 2.69. The fraction of sp³-hybridized carbons (Fsp3) is 0.538. The lowest BCUT2D eigenvalue weighted by Gasteiger charge is -2.27. The largest absolute Gasteiger partial charge is 0.375 e. The minimum absolute atomic E-state index is 0.261. The van der Waals surface area contributed by atoms with Crippen LogP contribution in [0.3, 0.4) is 0 Å². The standard InChI is InChI=1S/C13H16O2/c1-2-5-10(6-3-1)13-11-7-4-8-14-12(11)9-15-13/h1-3,5-6,11-13H,4,7-9H2/t11-,12+,13-/m0/s1. The summed E-state index contributed by atoms with van der Waals surface area (Å²) in [5.41, 5.74) is 1.30. The van der Waals surface area contributed by atoms with Crippen LogP contribution in [-0.4, -0.2) is 19.3 Å². The van der Waals surface area contributed by atoms with Crippen molar-refractivity contribution in [1.82, 2.24) is 0 Å². The van der Waals surface area contributed by atoms with Gasteiger partial charge in [0.05, 0.1) is 18.8 Å². The molecule has 2 saturated heterocycles. The van der Waals surface area contributed by atoms with Crippen molar-refractivity contribution in [3.8, 4) is 0 Å². The van der Waals surface area contributed by atoms with Gasteiger partial charge in [0.15, 0.2) is 0 Å². The smallest absolute Gasteiger partial charge is 0.0880 e. The Morgan fingerprint density at radius 1 is 1.07 bits per heavy atom. The van der Waals surface area contributed by atoms with Gasteiger partial charge in [0, 0.05) is 12.5 Å². The first-order chi connectivity index (χ1) is 7.45. The van der Waals surface area contributed by atoms with E-state index in [0.717, 1.165) is 13.2 Å². The zero-order valence-electron chi connectivity index (χ0n) is 8.76. The summed E-state index contributed by atoms with van der Waals surface area (Å²) in [4.78, 5) is 0. The summed E-state index contributed by atoms with van der Waals surface area (Å²) in [6.45, 7) is 1.68. The third-order valence-electron chi connectivity index (χ3n) is 3.45. The maximum absolute atomic E-state index is 5.86. The molecule has 2 aliphatic heterocycles. The van der Waals surface area contributed by atoms with E-state index in [2.05, 4.69) is 24.3 Å². The van der Waals surface area contributed by atoms with Gasteiger partial charge in [0.25, 0.3) is 0 Å². The number of rotatable bonds is 1. The van der Waals surface area contributed by atoms with E-state index in [0.29, 0.717) is 12.0 Å². The molecule has 0 radical (unpaired) electrons. The van der Waals surface area contributed by atoms with Crippen molar-refractivity contribution < 1.29 is 9.47 Å². The van der Waals surface area contributed by atoms with E-state index < -0.39 is 0 Å². The Morgan fingerprint density at radius 2 is 1.93 bits per heavy atom. The molecular weight excluding hydrogens is 188 g/mol. The number of hydrogen-bond acceptors (Lipinski definition) is 2. The summed E-state index contributed by atoms with van der Waals surface area (Å²) in [5.74, 6) is 0.571. The average molecular weight is 204 g/mol. The fourth-order valence-corrected chi connectivity index (χ4v) is 2.69. The molecule has 0 spiro atoms. The normalized spacial score (nSPS) is 35.1. The topological polar surface area (TPSA) is 18.5 Å². The lowest BCUT2D eigenvalue weighted by atomic mass is 9.88. The second kappa shape index (κ2) is 3.95. The molecule has 3 rings (SSSR count). The SMILES string of the molecule is c1ccc([C@@H]2OC[C@H]3OCCC[C@@H]32)cc1. The summed E-state index contributed by atoms with van der Waals surface area (Å²) < 4.78 is 11.6. The molecule has 0 unspecified atom stereocenters. The van der Waals surface area contributed by atoms with Crippen LogP contribution in [0.5, 0.6) is 0 Å². The highest BCUT2D eigenvalue weighted by atomic mass is 16.6. The minimum atomic E-state index is 0.261. The molecule has 2 heterocycles. The summed E-state index contributed by atoms with van der Waals surface area (Å²) in [7, 11) is 0. The molecule has 2 heteroatoms. The van der Waals surface area contributed by atoms with E-state index >= 15 is 0 Å². The predicted octanol–water partition coefficient (Wildman–Crippen LogP) is 2.55. The van der Waals surface area contributed by atoms with Crippen molar-refractivity contribution in [3.05, 3.63) is 35.9 Å². The van der Waals surface area contributed by atoms with Crippen LogP contribution in [-0.2, 0) is 9.47 Å². The van der Waals surface area contributed by atoms with Crippen molar-refractivity contribution in [2.45, 2.75) is 25.0 Å². The average Bonchev–Trinajstić information content (AvgIpc) is 2.74. The van der Waals surface area contributed by atoms with Gasteiger partial charge in [-0.15, -0.1) is 0 Å². The van der Waals surface area contributed by atoms with Gasteiger partial charge < -0.3 is 9.47 Å².